The van der Waals surface area contributed by atoms with Gasteiger partial charge < -0.3 is 25.2 Å². The van der Waals surface area contributed by atoms with Crippen LogP contribution in [0.5, 0.6) is 0 Å². The van der Waals surface area contributed by atoms with Crippen LogP contribution in [0.2, 0.25) is 0 Å². The summed E-state index contributed by atoms with van der Waals surface area (Å²) in [5.41, 5.74) is 4.57. The highest BCUT2D eigenvalue weighted by Crippen LogP contribution is 2.19. The zero-order valence-corrected chi connectivity index (χ0v) is 20.3. The van der Waals surface area contributed by atoms with Gasteiger partial charge in [0, 0.05) is 35.7 Å². The van der Waals surface area contributed by atoms with Crippen LogP contribution in [0.3, 0.4) is 0 Å². The average molecular weight is 474 g/mol. The van der Waals surface area contributed by atoms with Crippen LogP contribution in [-0.4, -0.2) is 51.7 Å². The highest BCUT2D eigenvalue weighted by molar-refractivity contribution is 5.95. The number of hydrogen-bond acceptors (Lipinski definition) is 4. The molecule has 2 amide bonds. The molecule has 0 radical (unpaired) electrons. The molecule has 35 heavy (non-hydrogen) atoms. The largest absolute Gasteiger partial charge is 0.378 e. The molecule has 4 rings (SSSR count). The van der Waals surface area contributed by atoms with E-state index >= 15 is 0 Å². The Balaban J connectivity index is 1.41. The summed E-state index contributed by atoms with van der Waals surface area (Å²) in [6, 6.07) is 24.6. The van der Waals surface area contributed by atoms with Crippen molar-refractivity contribution in [3.05, 3.63) is 90.0 Å². The van der Waals surface area contributed by atoms with Crippen molar-refractivity contribution in [1.82, 2.24) is 0 Å². The Labute approximate surface area is 206 Å². The molecule has 3 N–H and O–H groups in total. The zero-order valence-electron chi connectivity index (χ0n) is 20.3. The van der Waals surface area contributed by atoms with Gasteiger partial charge in [-0.2, -0.15) is 0 Å². The predicted molar refractivity (Wildman–Crippen MR) is 139 cm³/mol. The number of amides is 2. The molecular formula is C28H33N4O3+. The zero-order chi connectivity index (χ0) is 24.6. The summed E-state index contributed by atoms with van der Waals surface area (Å²) in [6.07, 6.45) is 0. The standard InChI is InChI=1S/C28H32N4O3/c1-21-8-10-24(11-9-21)30-28(34)27(22-6-4-3-5-7-22)31(2)20-26(33)29-23-12-14-25(15-13-23)32-16-18-35-19-17-32/h3-15,27H,16-20H2,1-2H3,(H,29,33)(H,30,34)/p+1/t27-/m0/s1. The molecule has 1 fully saturated rings. The molecule has 182 valence electrons. The molecule has 1 aliphatic rings. The van der Waals surface area contributed by atoms with Gasteiger partial charge in [0.25, 0.3) is 11.8 Å². The van der Waals surface area contributed by atoms with Crippen molar-refractivity contribution in [2.24, 2.45) is 0 Å². The summed E-state index contributed by atoms with van der Waals surface area (Å²) < 4.78 is 5.41. The fraction of sp³-hybridized carbons (Fsp3) is 0.286. The van der Waals surface area contributed by atoms with Crippen LogP contribution < -0.4 is 20.4 Å². The monoisotopic (exact) mass is 473 g/mol. The average Bonchev–Trinajstić information content (AvgIpc) is 2.87. The van der Waals surface area contributed by atoms with Gasteiger partial charge >= 0.3 is 0 Å². The number of aryl methyl sites for hydroxylation is 1. The molecule has 1 heterocycles. The molecule has 0 spiro atoms. The van der Waals surface area contributed by atoms with E-state index in [0.717, 1.165) is 59.4 Å². The molecule has 7 heteroatoms. The van der Waals surface area contributed by atoms with Gasteiger partial charge in [-0.3, -0.25) is 9.59 Å². The maximum absolute atomic E-state index is 13.3. The summed E-state index contributed by atoms with van der Waals surface area (Å²) in [4.78, 5) is 29.2. The smallest absolute Gasteiger partial charge is 0.287 e. The molecule has 7 nitrogen and oxygen atoms in total. The third-order valence-corrected chi connectivity index (χ3v) is 6.17. The molecule has 3 aromatic rings. The van der Waals surface area contributed by atoms with Gasteiger partial charge in [0.2, 0.25) is 0 Å². The van der Waals surface area contributed by atoms with Gasteiger partial charge in [0.15, 0.2) is 12.6 Å². The number of nitrogens with zero attached hydrogens (tertiary/aromatic N) is 1. The van der Waals surface area contributed by atoms with E-state index in [4.69, 9.17) is 4.74 Å². The number of rotatable bonds is 8. The highest BCUT2D eigenvalue weighted by Gasteiger charge is 2.30. The first-order valence-corrected chi connectivity index (χ1v) is 12.0. The number of ether oxygens (including phenoxy) is 1. The molecule has 0 aromatic heterocycles. The van der Waals surface area contributed by atoms with Gasteiger partial charge in [-0.1, -0.05) is 48.0 Å². The first-order chi connectivity index (χ1) is 17.0. The van der Waals surface area contributed by atoms with Crippen LogP contribution in [0.1, 0.15) is 17.2 Å². The lowest BCUT2D eigenvalue weighted by molar-refractivity contribution is -0.893. The highest BCUT2D eigenvalue weighted by atomic mass is 16.5. The number of hydrogen-bond donors (Lipinski definition) is 3. The molecule has 0 saturated carbocycles. The molecule has 2 atom stereocenters. The Bertz CT molecular complexity index is 1110. The van der Waals surface area contributed by atoms with Gasteiger partial charge in [-0.25, -0.2) is 0 Å². The van der Waals surface area contributed by atoms with E-state index in [-0.39, 0.29) is 18.4 Å². The second-order valence-electron chi connectivity index (χ2n) is 8.92. The van der Waals surface area contributed by atoms with E-state index in [1.54, 1.807) is 0 Å². The van der Waals surface area contributed by atoms with Crippen LogP contribution in [0.15, 0.2) is 78.9 Å². The second kappa shape index (κ2) is 11.6. The van der Waals surface area contributed by atoms with Crippen LogP contribution in [-0.2, 0) is 14.3 Å². The number of benzene rings is 3. The third-order valence-electron chi connectivity index (χ3n) is 6.17. The summed E-state index contributed by atoms with van der Waals surface area (Å²) >= 11 is 0. The molecular weight excluding hydrogens is 440 g/mol. The minimum absolute atomic E-state index is 0.145. The van der Waals surface area contributed by atoms with E-state index in [2.05, 4.69) is 15.5 Å². The molecule has 1 unspecified atom stereocenters. The second-order valence-corrected chi connectivity index (χ2v) is 8.92. The quantitative estimate of drug-likeness (QED) is 0.470. The van der Waals surface area contributed by atoms with Crippen molar-refractivity contribution >= 4 is 28.9 Å². The third kappa shape index (κ3) is 6.68. The summed E-state index contributed by atoms with van der Waals surface area (Å²) in [5, 5.41) is 5.97. The van der Waals surface area contributed by atoms with Crippen LogP contribution >= 0.6 is 0 Å². The number of morpholine rings is 1. The number of quaternary nitrogens is 1. The van der Waals surface area contributed by atoms with Crippen molar-refractivity contribution < 1.29 is 19.2 Å². The van der Waals surface area contributed by atoms with E-state index in [0.29, 0.717) is 0 Å². The summed E-state index contributed by atoms with van der Waals surface area (Å²) in [7, 11) is 1.87. The molecule has 1 saturated heterocycles. The number of anilines is 3. The number of carbonyl (C=O) groups is 2. The van der Waals surface area contributed by atoms with Crippen molar-refractivity contribution in [1.29, 1.82) is 0 Å². The number of likely N-dealkylation sites (N-methyl/N-ethyl adjacent to an activating group) is 1. The molecule has 3 aromatic carbocycles. The lowest BCUT2D eigenvalue weighted by Crippen LogP contribution is -3.11. The first kappa shape index (κ1) is 24.4. The number of carbonyl (C=O) groups excluding carboxylic acids is 2. The minimum Gasteiger partial charge on any atom is -0.378 e. The lowest BCUT2D eigenvalue weighted by atomic mass is 10.0. The van der Waals surface area contributed by atoms with Gasteiger partial charge in [-0.15, -0.1) is 0 Å². The Kier molecular flexibility index (Phi) is 8.13. The summed E-state index contributed by atoms with van der Waals surface area (Å²) in [6.45, 7) is 5.34. The minimum atomic E-state index is -0.535. The first-order valence-electron chi connectivity index (χ1n) is 12.0. The van der Waals surface area contributed by atoms with Crippen LogP contribution in [0.4, 0.5) is 17.1 Å². The van der Waals surface area contributed by atoms with Crippen molar-refractivity contribution in [3.63, 3.8) is 0 Å². The van der Waals surface area contributed by atoms with E-state index < -0.39 is 6.04 Å². The summed E-state index contributed by atoms with van der Waals surface area (Å²) in [5.74, 6) is -0.300. The fourth-order valence-corrected chi connectivity index (χ4v) is 4.29. The maximum atomic E-state index is 13.3. The Morgan fingerprint density at radius 1 is 0.886 bits per heavy atom. The SMILES string of the molecule is Cc1ccc(NC(=O)[C@H](c2ccccc2)[NH+](C)CC(=O)Nc2ccc(N3CCOCC3)cc2)cc1. The van der Waals surface area contributed by atoms with Crippen LogP contribution in [0, 0.1) is 6.92 Å². The Hall–Kier alpha value is -3.68. The van der Waals surface area contributed by atoms with Crippen LogP contribution in [0.25, 0.3) is 0 Å². The normalized spacial score (nSPS) is 15.2. The predicted octanol–water partition coefficient (Wildman–Crippen LogP) is 2.66. The van der Waals surface area contributed by atoms with Gasteiger partial charge in [0.05, 0.1) is 20.3 Å². The van der Waals surface area contributed by atoms with Gasteiger partial charge in [0.1, 0.15) is 0 Å². The molecule has 1 aliphatic heterocycles. The van der Waals surface area contributed by atoms with Crippen molar-refractivity contribution in [3.8, 4) is 0 Å². The Morgan fingerprint density at radius 2 is 1.49 bits per heavy atom. The van der Waals surface area contributed by atoms with E-state index in [1.165, 1.54) is 0 Å². The number of nitrogens with one attached hydrogen (secondary N) is 3. The topological polar surface area (TPSA) is 75.1 Å². The van der Waals surface area contributed by atoms with Gasteiger partial charge in [-0.05, 0) is 43.3 Å². The Morgan fingerprint density at radius 3 is 2.14 bits per heavy atom. The van der Waals surface area contributed by atoms with Crippen molar-refractivity contribution in [2.45, 2.75) is 13.0 Å². The van der Waals surface area contributed by atoms with E-state index in [1.807, 2.05) is 92.8 Å². The van der Waals surface area contributed by atoms with E-state index in [9.17, 15) is 9.59 Å². The molecule has 0 aliphatic carbocycles. The maximum Gasteiger partial charge on any atom is 0.287 e. The fourth-order valence-electron chi connectivity index (χ4n) is 4.29. The molecule has 0 bridgehead atoms. The van der Waals surface area contributed by atoms with Crippen molar-refractivity contribution in [2.75, 3.05) is 55.4 Å². The lowest BCUT2D eigenvalue weighted by Gasteiger charge is -2.29.